The van der Waals surface area contributed by atoms with Gasteiger partial charge in [-0.3, -0.25) is 0 Å². The van der Waals surface area contributed by atoms with Crippen molar-refractivity contribution in [3.63, 3.8) is 0 Å². The van der Waals surface area contributed by atoms with Crippen LogP contribution in [0.5, 0.6) is 0 Å². The Morgan fingerprint density at radius 3 is 2.74 bits per heavy atom. The number of benzene rings is 1. The quantitative estimate of drug-likeness (QED) is 0.714. The van der Waals surface area contributed by atoms with Gasteiger partial charge in [0, 0.05) is 5.33 Å². The summed E-state index contributed by atoms with van der Waals surface area (Å²) in [7, 11) is 0. The summed E-state index contributed by atoms with van der Waals surface area (Å²) < 4.78 is 13.3. The van der Waals surface area contributed by atoms with Gasteiger partial charge in [0.05, 0.1) is 5.56 Å². The van der Waals surface area contributed by atoms with Gasteiger partial charge in [-0.1, -0.05) is 52.9 Å². The molecular weight excluding hydrogens is 305 g/mol. The van der Waals surface area contributed by atoms with Crippen LogP contribution in [0.15, 0.2) is 23.8 Å². The predicted molar refractivity (Wildman–Crippen MR) is 79.5 cm³/mol. The molecule has 0 aromatic heterocycles. The molecule has 0 aliphatic heterocycles. The van der Waals surface area contributed by atoms with Crippen molar-refractivity contribution in [3.8, 4) is 6.07 Å². The van der Waals surface area contributed by atoms with Crippen LogP contribution in [0.4, 0.5) is 4.39 Å². The summed E-state index contributed by atoms with van der Waals surface area (Å²) in [6, 6.07) is 6.63. The van der Waals surface area contributed by atoms with E-state index >= 15 is 0 Å². The van der Waals surface area contributed by atoms with Gasteiger partial charge in [-0.2, -0.15) is 5.26 Å². The van der Waals surface area contributed by atoms with Crippen molar-refractivity contribution in [1.82, 2.24) is 0 Å². The fourth-order valence-electron chi connectivity index (χ4n) is 2.67. The second-order valence-electron chi connectivity index (χ2n) is 5.04. The third kappa shape index (κ3) is 3.67. The molecule has 1 aliphatic rings. The van der Waals surface area contributed by atoms with Crippen molar-refractivity contribution in [2.45, 2.75) is 32.1 Å². The molecule has 1 nitrogen and oxygen atoms in total. The molecule has 0 spiro atoms. The molecule has 0 unspecified atom stereocenters. The maximum Gasteiger partial charge on any atom is 0.140 e. The monoisotopic (exact) mass is 321 g/mol. The van der Waals surface area contributed by atoms with Gasteiger partial charge in [0.25, 0.3) is 0 Å². The van der Waals surface area contributed by atoms with Crippen LogP contribution in [0.3, 0.4) is 0 Å². The fraction of sp³-hybridized carbons (Fsp3) is 0.438. The Balaban J connectivity index is 2.24. The number of hydrogen-bond acceptors (Lipinski definition) is 1. The minimum Gasteiger partial charge on any atom is -0.206 e. The van der Waals surface area contributed by atoms with Gasteiger partial charge in [-0.25, -0.2) is 4.39 Å². The van der Waals surface area contributed by atoms with Crippen molar-refractivity contribution in [2.24, 2.45) is 5.92 Å². The lowest BCUT2D eigenvalue weighted by molar-refractivity contribution is 0.405. The Bertz CT molecular complexity index is 510. The van der Waals surface area contributed by atoms with Gasteiger partial charge >= 0.3 is 0 Å². The summed E-state index contributed by atoms with van der Waals surface area (Å²) in [5.41, 5.74) is 2.39. The lowest BCUT2D eigenvalue weighted by Gasteiger charge is -2.23. The highest BCUT2D eigenvalue weighted by Crippen LogP contribution is 2.31. The van der Waals surface area contributed by atoms with Crippen LogP contribution in [-0.4, -0.2) is 5.33 Å². The summed E-state index contributed by atoms with van der Waals surface area (Å²) in [4.78, 5) is 0. The Morgan fingerprint density at radius 1 is 1.37 bits per heavy atom. The number of alkyl halides is 1. The number of halogens is 2. The van der Waals surface area contributed by atoms with Crippen LogP contribution in [-0.2, 0) is 0 Å². The van der Waals surface area contributed by atoms with Gasteiger partial charge in [-0.05, 0) is 36.5 Å². The molecule has 100 valence electrons. The molecule has 0 N–H and O–H groups in total. The molecule has 0 heterocycles. The maximum atomic E-state index is 13.3. The van der Waals surface area contributed by atoms with Crippen molar-refractivity contribution in [3.05, 3.63) is 40.7 Å². The lowest BCUT2D eigenvalue weighted by Crippen LogP contribution is -2.10. The van der Waals surface area contributed by atoms with E-state index in [1.807, 2.05) is 6.07 Å². The largest absolute Gasteiger partial charge is 0.206 e. The molecule has 1 aromatic carbocycles. The molecule has 3 heteroatoms. The van der Waals surface area contributed by atoms with Crippen molar-refractivity contribution in [1.29, 1.82) is 5.26 Å². The summed E-state index contributed by atoms with van der Waals surface area (Å²) in [5, 5.41) is 9.71. The summed E-state index contributed by atoms with van der Waals surface area (Å²) in [5.74, 6) is 0.182. The van der Waals surface area contributed by atoms with Gasteiger partial charge in [-0.15, -0.1) is 0 Å². The molecule has 0 amide bonds. The summed E-state index contributed by atoms with van der Waals surface area (Å²) in [6.45, 7) is 0. The Hall–Kier alpha value is -1.14. The SMILES string of the molecule is N#Cc1cc(/C=C(/CBr)C2CCCCC2)ccc1F. The Kier molecular flexibility index (Phi) is 5.15. The summed E-state index contributed by atoms with van der Waals surface area (Å²) >= 11 is 3.55. The zero-order chi connectivity index (χ0) is 13.7. The third-order valence-electron chi connectivity index (χ3n) is 3.75. The lowest BCUT2D eigenvalue weighted by atomic mass is 9.84. The zero-order valence-corrected chi connectivity index (χ0v) is 12.4. The minimum atomic E-state index is -0.447. The standard InChI is InChI=1S/C16H17BrFN/c17-10-14(13-4-2-1-3-5-13)8-12-6-7-16(18)15(9-12)11-19/h6-9,13H,1-5,10H2/b14-8-. The summed E-state index contributed by atoms with van der Waals surface area (Å²) in [6.07, 6.45) is 8.50. The van der Waals surface area contributed by atoms with Crippen LogP contribution in [0, 0.1) is 23.1 Å². The first kappa shape index (κ1) is 14.3. The van der Waals surface area contributed by atoms with E-state index in [4.69, 9.17) is 5.26 Å². The van der Waals surface area contributed by atoms with Crippen molar-refractivity contribution >= 4 is 22.0 Å². The molecular formula is C16H17BrFN. The van der Waals surface area contributed by atoms with E-state index < -0.39 is 5.82 Å². The Labute approximate surface area is 122 Å². The topological polar surface area (TPSA) is 23.8 Å². The van der Waals surface area contributed by atoms with Gasteiger partial charge in [0.2, 0.25) is 0 Å². The normalized spacial score (nSPS) is 17.2. The van der Waals surface area contributed by atoms with E-state index in [2.05, 4.69) is 22.0 Å². The van der Waals surface area contributed by atoms with E-state index in [1.54, 1.807) is 12.1 Å². The molecule has 0 atom stereocenters. The average Bonchev–Trinajstić information content (AvgIpc) is 2.47. The second-order valence-corrected chi connectivity index (χ2v) is 5.60. The molecule has 1 saturated carbocycles. The van der Waals surface area contributed by atoms with Crippen LogP contribution < -0.4 is 0 Å². The third-order valence-corrected chi connectivity index (χ3v) is 4.39. The molecule has 0 saturated heterocycles. The van der Waals surface area contributed by atoms with Crippen LogP contribution in [0.25, 0.3) is 6.08 Å². The van der Waals surface area contributed by atoms with E-state index in [0.717, 1.165) is 10.9 Å². The molecule has 0 radical (unpaired) electrons. The number of rotatable bonds is 3. The molecule has 0 bridgehead atoms. The first-order valence-corrected chi connectivity index (χ1v) is 7.83. The molecule has 1 fully saturated rings. The van der Waals surface area contributed by atoms with Gasteiger partial charge in [0.1, 0.15) is 11.9 Å². The van der Waals surface area contributed by atoms with Crippen molar-refractivity contribution in [2.75, 3.05) is 5.33 Å². The number of nitriles is 1. The number of allylic oxidation sites excluding steroid dienone is 1. The molecule has 1 aromatic rings. The van der Waals surface area contributed by atoms with E-state index in [0.29, 0.717) is 5.92 Å². The van der Waals surface area contributed by atoms with E-state index in [-0.39, 0.29) is 5.56 Å². The first-order valence-electron chi connectivity index (χ1n) is 6.70. The average molecular weight is 322 g/mol. The second kappa shape index (κ2) is 6.86. The first-order chi connectivity index (χ1) is 9.24. The van der Waals surface area contributed by atoms with Crippen LogP contribution in [0.2, 0.25) is 0 Å². The predicted octanol–water partition coefficient (Wildman–Crippen LogP) is 5.06. The van der Waals surface area contributed by atoms with E-state index in [9.17, 15) is 4.39 Å². The molecule has 2 rings (SSSR count). The number of nitrogens with zero attached hydrogens (tertiary/aromatic N) is 1. The highest BCUT2D eigenvalue weighted by molar-refractivity contribution is 9.09. The van der Waals surface area contributed by atoms with E-state index in [1.165, 1.54) is 43.7 Å². The van der Waals surface area contributed by atoms with Gasteiger partial charge < -0.3 is 0 Å². The highest BCUT2D eigenvalue weighted by Gasteiger charge is 2.17. The fourth-order valence-corrected chi connectivity index (χ4v) is 3.29. The molecule has 19 heavy (non-hydrogen) atoms. The van der Waals surface area contributed by atoms with Crippen LogP contribution in [0.1, 0.15) is 43.2 Å². The van der Waals surface area contributed by atoms with Crippen molar-refractivity contribution < 1.29 is 4.39 Å². The van der Waals surface area contributed by atoms with Gasteiger partial charge in [0.15, 0.2) is 0 Å². The maximum absolute atomic E-state index is 13.3. The molecule has 1 aliphatic carbocycles. The van der Waals surface area contributed by atoms with Crippen LogP contribution >= 0.6 is 15.9 Å². The Morgan fingerprint density at radius 2 is 2.11 bits per heavy atom. The number of hydrogen-bond donors (Lipinski definition) is 0. The minimum absolute atomic E-state index is 0.117. The zero-order valence-electron chi connectivity index (χ0n) is 10.8. The smallest absolute Gasteiger partial charge is 0.140 e. The highest BCUT2D eigenvalue weighted by atomic mass is 79.9.